The fraction of sp³-hybridized carbons (Fsp3) is 0.950. The zero-order valence-electron chi connectivity index (χ0n) is 17.7. The van der Waals surface area contributed by atoms with E-state index < -0.39 is 10.4 Å². The van der Waals surface area contributed by atoms with Crippen molar-refractivity contribution in [3.8, 4) is 0 Å². The van der Waals surface area contributed by atoms with E-state index in [1.54, 1.807) is 0 Å². The molecule has 0 aliphatic carbocycles. The molecule has 4 nitrogen and oxygen atoms in total. The van der Waals surface area contributed by atoms with Gasteiger partial charge < -0.3 is 6.42 Å². The molecule has 6 heteroatoms. The van der Waals surface area contributed by atoms with Gasteiger partial charge in [-0.2, -0.15) is 21.3 Å². The predicted octanol–water partition coefficient (Wildman–Crippen LogP) is 4.21. The molecule has 0 aromatic rings. The van der Waals surface area contributed by atoms with Crippen LogP contribution in [0.4, 0.5) is 0 Å². The molecular formula is C20H43NaO4S. The van der Waals surface area contributed by atoms with Crippen LogP contribution in [0.5, 0.6) is 0 Å². The van der Waals surface area contributed by atoms with Crippen LogP contribution in [0.15, 0.2) is 0 Å². The van der Waals surface area contributed by atoms with Crippen LogP contribution in [0, 0.1) is 6.42 Å². The summed E-state index contributed by atoms with van der Waals surface area (Å²) in [6.07, 6.45) is 26.9. The maximum absolute atomic E-state index is 8.74. The third kappa shape index (κ3) is 44.4. The minimum Gasteiger partial charge on any atom is -0.328 e. The number of hydrogen-bond donors (Lipinski definition) is 2. The van der Waals surface area contributed by atoms with Gasteiger partial charge in [0, 0.05) is 0 Å². The van der Waals surface area contributed by atoms with Gasteiger partial charge in [0.25, 0.3) is 0 Å². The van der Waals surface area contributed by atoms with Gasteiger partial charge in [0.1, 0.15) is 0 Å². The summed E-state index contributed by atoms with van der Waals surface area (Å²) in [5.74, 6) is 0. The first-order valence-corrected chi connectivity index (χ1v) is 11.8. The standard InChI is InChI=1S/C20H41.Na.H2O4S/c1-3-5-7-9-11-13-15-17-19-20-18-16-14-12-10-8-6-4-2;;1-5(2,3)4/h17H,3-16,18-20H2,1-2H3;;(H2,1,2,3,4)/q-1;+1;. The first kappa shape index (κ1) is 31.6. The zero-order chi connectivity index (χ0) is 19.2. The molecule has 0 bridgehead atoms. The van der Waals surface area contributed by atoms with Crippen LogP contribution >= 0.6 is 0 Å². The van der Waals surface area contributed by atoms with Crippen molar-refractivity contribution >= 4 is 10.4 Å². The van der Waals surface area contributed by atoms with Crippen molar-refractivity contribution in [1.82, 2.24) is 0 Å². The summed E-state index contributed by atoms with van der Waals surface area (Å²) in [6.45, 7) is 4.58. The molecule has 0 saturated heterocycles. The fourth-order valence-electron chi connectivity index (χ4n) is 2.81. The van der Waals surface area contributed by atoms with Gasteiger partial charge in [-0.25, -0.2) is 0 Å². The molecule has 0 unspecified atom stereocenters. The summed E-state index contributed by atoms with van der Waals surface area (Å²) in [7, 11) is -4.67. The van der Waals surface area contributed by atoms with Crippen molar-refractivity contribution < 1.29 is 47.1 Å². The average molecular weight is 403 g/mol. The first-order chi connectivity index (χ1) is 11.9. The summed E-state index contributed by atoms with van der Waals surface area (Å²) < 4.78 is 31.6. The number of unbranched alkanes of at least 4 members (excludes halogenated alkanes) is 17. The Labute approximate surface area is 186 Å². The molecule has 0 fully saturated rings. The topological polar surface area (TPSA) is 74.6 Å². The Kier molecular flexibility index (Phi) is 31.4. The second-order valence-electron chi connectivity index (χ2n) is 6.91. The molecule has 0 aliphatic heterocycles. The molecule has 0 atom stereocenters. The Hall–Kier alpha value is 0.870. The van der Waals surface area contributed by atoms with Crippen molar-refractivity contribution in [1.29, 1.82) is 0 Å². The third-order valence-corrected chi connectivity index (χ3v) is 4.27. The molecule has 0 spiro atoms. The maximum atomic E-state index is 8.74. The second-order valence-corrected chi connectivity index (χ2v) is 7.81. The van der Waals surface area contributed by atoms with E-state index in [9.17, 15) is 0 Å². The van der Waals surface area contributed by atoms with E-state index in [4.69, 9.17) is 17.5 Å². The molecule has 26 heavy (non-hydrogen) atoms. The number of rotatable bonds is 17. The van der Waals surface area contributed by atoms with E-state index >= 15 is 0 Å². The van der Waals surface area contributed by atoms with Crippen LogP contribution in [0.25, 0.3) is 0 Å². The molecule has 0 rings (SSSR count). The molecule has 0 amide bonds. The molecule has 2 N–H and O–H groups in total. The minimum atomic E-state index is -4.67. The van der Waals surface area contributed by atoms with Crippen LogP contribution in [-0.4, -0.2) is 17.5 Å². The Morgan fingerprint density at radius 2 is 0.808 bits per heavy atom. The molecule has 0 saturated carbocycles. The van der Waals surface area contributed by atoms with Crippen molar-refractivity contribution in [2.45, 2.75) is 123 Å². The van der Waals surface area contributed by atoms with Gasteiger partial charge in [0.2, 0.25) is 0 Å². The monoisotopic (exact) mass is 402 g/mol. The smallest absolute Gasteiger partial charge is 0.328 e. The molecular weight excluding hydrogens is 359 g/mol. The summed E-state index contributed by atoms with van der Waals surface area (Å²) >= 11 is 0. The quantitative estimate of drug-likeness (QED) is 0.165. The van der Waals surface area contributed by atoms with E-state index in [1.165, 1.54) is 109 Å². The number of hydrogen-bond acceptors (Lipinski definition) is 2. The second kappa shape index (κ2) is 25.9. The van der Waals surface area contributed by atoms with Crippen LogP contribution in [0.1, 0.15) is 123 Å². The molecule has 0 heterocycles. The Morgan fingerprint density at radius 3 is 1.08 bits per heavy atom. The molecule has 0 aromatic heterocycles. The van der Waals surface area contributed by atoms with Crippen LogP contribution in [0.2, 0.25) is 0 Å². The van der Waals surface area contributed by atoms with Crippen molar-refractivity contribution in [3.05, 3.63) is 6.42 Å². The Bertz CT molecular complexity index is 309. The fourth-order valence-corrected chi connectivity index (χ4v) is 2.81. The van der Waals surface area contributed by atoms with E-state index in [-0.39, 0.29) is 29.6 Å². The van der Waals surface area contributed by atoms with Crippen LogP contribution < -0.4 is 29.6 Å². The SMILES string of the molecule is CCCCCCCC[CH-]CCCCCCCCCCC.O=S(=O)(O)O.[Na+]. The zero-order valence-corrected chi connectivity index (χ0v) is 20.5. The largest absolute Gasteiger partial charge is 1.00 e. The Morgan fingerprint density at radius 1 is 0.577 bits per heavy atom. The van der Waals surface area contributed by atoms with Gasteiger partial charge in [0.05, 0.1) is 0 Å². The van der Waals surface area contributed by atoms with Gasteiger partial charge in [0.15, 0.2) is 0 Å². The minimum absolute atomic E-state index is 0. The van der Waals surface area contributed by atoms with Gasteiger partial charge in [-0.05, 0) is 0 Å². The van der Waals surface area contributed by atoms with Gasteiger partial charge in [-0.15, -0.1) is 0 Å². The molecule has 0 radical (unpaired) electrons. The van der Waals surface area contributed by atoms with E-state index in [0.29, 0.717) is 0 Å². The van der Waals surface area contributed by atoms with Crippen molar-refractivity contribution in [2.75, 3.05) is 0 Å². The summed E-state index contributed by atoms with van der Waals surface area (Å²) in [4.78, 5) is 0. The van der Waals surface area contributed by atoms with E-state index in [2.05, 4.69) is 20.3 Å². The van der Waals surface area contributed by atoms with Crippen LogP contribution in [0.3, 0.4) is 0 Å². The summed E-state index contributed by atoms with van der Waals surface area (Å²) in [5, 5.41) is 0. The summed E-state index contributed by atoms with van der Waals surface area (Å²) in [5.41, 5.74) is 0. The van der Waals surface area contributed by atoms with Crippen LogP contribution in [-0.2, 0) is 10.4 Å². The normalized spacial score (nSPS) is 10.8. The van der Waals surface area contributed by atoms with E-state index in [1.807, 2.05) is 0 Å². The maximum Gasteiger partial charge on any atom is 1.00 e. The van der Waals surface area contributed by atoms with Crippen molar-refractivity contribution in [2.24, 2.45) is 0 Å². The van der Waals surface area contributed by atoms with Crippen molar-refractivity contribution in [3.63, 3.8) is 0 Å². The summed E-state index contributed by atoms with van der Waals surface area (Å²) in [6, 6.07) is 0. The molecule has 0 aromatic carbocycles. The first-order valence-electron chi connectivity index (χ1n) is 10.4. The van der Waals surface area contributed by atoms with E-state index in [0.717, 1.165) is 0 Å². The molecule has 0 aliphatic rings. The Balaban J connectivity index is -0.000000772. The third-order valence-electron chi connectivity index (χ3n) is 4.27. The molecule has 154 valence electrons. The van der Waals surface area contributed by atoms with Gasteiger partial charge in [-0.3, -0.25) is 9.11 Å². The van der Waals surface area contributed by atoms with Gasteiger partial charge >= 0.3 is 40.0 Å². The van der Waals surface area contributed by atoms with Gasteiger partial charge in [-0.1, -0.05) is 110 Å². The predicted molar refractivity (Wildman–Crippen MR) is 108 cm³/mol. The average Bonchev–Trinajstić information content (AvgIpc) is 2.53.